The van der Waals surface area contributed by atoms with Crippen LogP contribution in [0.15, 0.2) is 5.16 Å². The number of nitrogens with two attached hydrogens (primary N) is 2. The summed E-state index contributed by atoms with van der Waals surface area (Å²) in [5.41, 5.74) is 9.98. The van der Waals surface area contributed by atoms with Gasteiger partial charge in [0, 0.05) is 5.75 Å². The zero-order valence-corrected chi connectivity index (χ0v) is 8.88. The Bertz CT molecular complexity index is 304. The highest BCUT2D eigenvalue weighted by atomic mass is 32.2. The van der Waals surface area contributed by atoms with E-state index in [2.05, 4.69) is 15.0 Å². The number of rotatable bonds is 3. The fraction of sp³-hybridized carbons (Fsp3) is 0.571. The number of hydrogen-bond acceptors (Lipinski definition) is 7. The first kappa shape index (κ1) is 11.0. The Hall–Kier alpha value is -1.08. The molecule has 0 atom stereocenters. The third-order valence-corrected chi connectivity index (χ3v) is 2.50. The molecule has 0 aromatic carbocycles. The first-order valence-corrected chi connectivity index (χ1v) is 4.97. The average molecular weight is 215 g/mol. The van der Waals surface area contributed by atoms with Crippen LogP contribution in [0.2, 0.25) is 0 Å². The van der Waals surface area contributed by atoms with E-state index >= 15 is 0 Å². The summed E-state index contributed by atoms with van der Waals surface area (Å²) in [6, 6.07) is 0. The van der Waals surface area contributed by atoms with Crippen molar-refractivity contribution in [3.63, 3.8) is 0 Å². The van der Waals surface area contributed by atoms with E-state index in [1.54, 1.807) is 13.8 Å². The highest BCUT2D eigenvalue weighted by Crippen LogP contribution is 2.19. The molecular formula is C7H13N5OS. The maximum atomic E-state index is 9.46. The molecule has 0 bridgehead atoms. The summed E-state index contributed by atoms with van der Waals surface area (Å²) in [5, 5.41) is 9.89. The zero-order valence-electron chi connectivity index (χ0n) is 8.06. The van der Waals surface area contributed by atoms with Crippen molar-refractivity contribution in [1.82, 2.24) is 15.0 Å². The molecule has 0 saturated heterocycles. The monoisotopic (exact) mass is 215 g/mol. The number of thioether (sulfide) groups is 1. The maximum Gasteiger partial charge on any atom is 0.225 e. The first-order chi connectivity index (χ1) is 6.37. The molecule has 0 aliphatic rings. The van der Waals surface area contributed by atoms with Crippen molar-refractivity contribution in [2.75, 3.05) is 17.2 Å². The van der Waals surface area contributed by atoms with Gasteiger partial charge in [0.15, 0.2) is 5.16 Å². The Kier molecular flexibility index (Phi) is 3.12. The molecule has 5 N–H and O–H groups in total. The fourth-order valence-corrected chi connectivity index (χ4v) is 1.49. The zero-order chi connectivity index (χ0) is 10.8. The summed E-state index contributed by atoms with van der Waals surface area (Å²) >= 11 is 1.28. The Morgan fingerprint density at radius 2 is 1.71 bits per heavy atom. The van der Waals surface area contributed by atoms with E-state index in [1.807, 2.05) is 0 Å². The van der Waals surface area contributed by atoms with E-state index in [1.165, 1.54) is 11.8 Å². The lowest BCUT2D eigenvalue weighted by Gasteiger charge is -2.15. The molecule has 78 valence electrons. The summed E-state index contributed by atoms with van der Waals surface area (Å²) in [5.74, 6) is 0.655. The number of nitrogens with zero attached hydrogens (tertiary/aromatic N) is 3. The third kappa shape index (κ3) is 3.75. The SMILES string of the molecule is CC(C)(O)CSc1nc(N)nc(N)n1. The second-order valence-electron chi connectivity index (χ2n) is 3.44. The summed E-state index contributed by atoms with van der Waals surface area (Å²) in [4.78, 5) is 11.4. The number of nitrogen functional groups attached to an aromatic ring is 2. The lowest BCUT2D eigenvalue weighted by molar-refractivity contribution is 0.107. The van der Waals surface area contributed by atoms with Gasteiger partial charge in [-0.3, -0.25) is 0 Å². The van der Waals surface area contributed by atoms with Crippen molar-refractivity contribution in [2.24, 2.45) is 0 Å². The molecular weight excluding hydrogens is 202 g/mol. The van der Waals surface area contributed by atoms with Gasteiger partial charge in [-0.15, -0.1) is 0 Å². The van der Waals surface area contributed by atoms with Gasteiger partial charge in [-0.2, -0.15) is 15.0 Å². The van der Waals surface area contributed by atoms with E-state index in [0.717, 1.165) is 0 Å². The van der Waals surface area contributed by atoms with Gasteiger partial charge in [0.05, 0.1) is 5.60 Å². The fourth-order valence-electron chi connectivity index (χ4n) is 0.694. The number of anilines is 2. The maximum absolute atomic E-state index is 9.46. The highest BCUT2D eigenvalue weighted by Gasteiger charge is 2.14. The number of aromatic nitrogens is 3. The van der Waals surface area contributed by atoms with Gasteiger partial charge in [0.2, 0.25) is 11.9 Å². The van der Waals surface area contributed by atoms with Crippen LogP contribution < -0.4 is 11.5 Å². The molecule has 0 unspecified atom stereocenters. The van der Waals surface area contributed by atoms with Crippen LogP contribution in [0.5, 0.6) is 0 Å². The van der Waals surface area contributed by atoms with E-state index in [4.69, 9.17) is 11.5 Å². The smallest absolute Gasteiger partial charge is 0.225 e. The summed E-state index contributed by atoms with van der Waals surface area (Å²) in [7, 11) is 0. The Morgan fingerprint density at radius 3 is 2.14 bits per heavy atom. The summed E-state index contributed by atoms with van der Waals surface area (Å²) < 4.78 is 0. The van der Waals surface area contributed by atoms with Crippen LogP contribution in [0.1, 0.15) is 13.8 Å². The van der Waals surface area contributed by atoms with Gasteiger partial charge in [-0.05, 0) is 13.8 Å². The van der Waals surface area contributed by atoms with E-state index in [-0.39, 0.29) is 11.9 Å². The van der Waals surface area contributed by atoms with Gasteiger partial charge >= 0.3 is 0 Å². The van der Waals surface area contributed by atoms with Gasteiger partial charge in [0.25, 0.3) is 0 Å². The van der Waals surface area contributed by atoms with Crippen molar-refractivity contribution < 1.29 is 5.11 Å². The summed E-state index contributed by atoms with van der Waals surface area (Å²) in [6.07, 6.45) is 0. The van der Waals surface area contributed by atoms with Gasteiger partial charge < -0.3 is 16.6 Å². The molecule has 1 heterocycles. The Balaban J connectivity index is 2.68. The van der Waals surface area contributed by atoms with Crippen molar-refractivity contribution >= 4 is 23.7 Å². The molecule has 0 saturated carbocycles. The average Bonchev–Trinajstić information content (AvgIpc) is 1.97. The van der Waals surface area contributed by atoms with Crippen molar-refractivity contribution in [2.45, 2.75) is 24.6 Å². The van der Waals surface area contributed by atoms with Crippen LogP contribution in [0.4, 0.5) is 11.9 Å². The normalized spacial score (nSPS) is 11.6. The minimum Gasteiger partial charge on any atom is -0.390 e. The van der Waals surface area contributed by atoms with Crippen LogP contribution in [0.3, 0.4) is 0 Å². The lowest BCUT2D eigenvalue weighted by Crippen LogP contribution is -2.22. The topological polar surface area (TPSA) is 111 Å². The Labute approximate surface area is 86.1 Å². The van der Waals surface area contributed by atoms with Crippen molar-refractivity contribution in [1.29, 1.82) is 0 Å². The van der Waals surface area contributed by atoms with Crippen LogP contribution >= 0.6 is 11.8 Å². The van der Waals surface area contributed by atoms with Gasteiger partial charge in [0.1, 0.15) is 0 Å². The van der Waals surface area contributed by atoms with E-state index in [0.29, 0.717) is 10.9 Å². The predicted molar refractivity (Wildman–Crippen MR) is 55.7 cm³/mol. The number of hydrogen-bond donors (Lipinski definition) is 3. The third-order valence-electron chi connectivity index (χ3n) is 1.20. The van der Waals surface area contributed by atoms with Gasteiger partial charge in [-0.25, -0.2) is 0 Å². The first-order valence-electron chi connectivity index (χ1n) is 3.99. The molecule has 0 aliphatic carbocycles. The number of aliphatic hydroxyl groups is 1. The minimum absolute atomic E-state index is 0.0933. The molecule has 1 aromatic rings. The van der Waals surface area contributed by atoms with Crippen LogP contribution in [0, 0.1) is 0 Å². The molecule has 0 aliphatic heterocycles. The van der Waals surface area contributed by atoms with Gasteiger partial charge in [-0.1, -0.05) is 11.8 Å². The molecule has 0 fully saturated rings. The lowest BCUT2D eigenvalue weighted by atomic mass is 10.2. The molecule has 14 heavy (non-hydrogen) atoms. The summed E-state index contributed by atoms with van der Waals surface area (Å²) in [6.45, 7) is 3.40. The largest absolute Gasteiger partial charge is 0.390 e. The van der Waals surface area contributed by atoms with Crippen molar-refractivity contribution in [3.05, 3.63) is 0 Å². The predicted octanol–water partition coefficient (Wildman–Crippen LogP) is -0.101. The van der Waals surface area contributed by atoms with Crippen LogP contribution in [0.25, 0.3) is 0 Å². The molecule has 6 nitrogen and oxygen atoms in total. The minimum atomic E-state index is -0.777. The molecule has 1 aromatic heterocycles. The molecule has 0 radical (unpaired) electrons. The quantitative estimate of drug-likeness (QED) is 0.603. The standard InChI is InChI=1S/C7H13N5OS/c1-7(2,13)3-14-6-11-4(8)10-5(9)12-6/h13H,3H2,1-2H3,(H4,8,9,10,11,12). The molecule has 0 amide bonds. The molecule has 1 rings (SSSR count). The van der Waals surface area contributed by atoms with Crippen molar-refractivity contribution in [3.8, 4) is 0 Å². The molecule has 7 heteroatoms. The van der Waals surface area contributed by atoms with E-state index in [9.17, 15) is 5.11 Å². The second-order valence-corrected chi connectivity index (χ2v) is 4.38. The Morgan fingerprint density at radius 1 is 1.21 bits per heavy atom. The van der Waals surface area contributed by atoms with Crippen LogP contribution in [-0.2, 0) is 0 Å². The molecule has 0 spiro atoms. The van der Waals surface area contributed by atoms with Crippen LogP contribution in [-0.4, -0.2) is 31.4 Å². The van der Waals surface area contributed by atoms with E-state index < -0.39 is 5.60 Å². The second kappa shape index (κ2) is 3.97. The highest BCUT2D eigenvalue weighted by molar-refractivity contribution is 7.99.